The van der Waals surface area contributed by atoms with Crippen LogP contribution in [0.3, 0.4) is 0 Å². The molecule has 0 aliphatic heterocycles. The molecule has 330 valence electrons. The summed E-state index contributed by atoms with van der Waals surface area (Å²) in [7, 11) is 0. The Morgan fingerprint density at radius 2 is 1.48 bits per heavy atom. The summed E-state index contributed by atoms with van der Waals surface area (Å²) in [4.78, 5) is 89.4. The highest BCUT2D eigenvalue weighted by atomic mass is 16.2. The first kappa shape index (κ1) is 46.4. The van der Waals surface area contributed by atoms with E-state index in [0.29, 0.717) is 19.3 Å². The number of nitrogens with two attached hydrogens (primary N) is 3. The van der Waals surface area contributed by atoms with Crippen molar-refractivity contribution in [1.82, 2.24) is 31.6 Å². The normalized spacial score (nSPS) is 15.8. The molecule has 16 nitrogen and oxygen atoms in total. The number of para-hydroxylation sites is 1. The lowest BCUT2D eigenvalue weighted by Crippen LogP contribution is -2.65. The van der Waals surface area contributed by atoms with E-state index in [1.807, 2.05) is 73.7 Å². The molecule has 0 fully saturated rings. The zero-order chi connectivity index (χ0) is 44.6. The molecule has 1 aliphatic carbocycles. The number of rotatable bonds is 22. The van der Waals surface area contributed by atoms with Gasteiger partial charge >= 0.3 is 0 Å². The molecule has 1 aromatic heterocycles. The van der Waals surface area contributed by atoms with Crippen LogP contribution in [0.1, 0.15) is 80.2 Å². The molecule has 12 N–H and O–H groups in total. The Morgan fingerprint density at radius 1 is 0.774 bits per heavy atom. The average Bonchev–Trinajstić information content (AvgIpc) is 3.67. The van der Waals surface area contributed by atoms with Crippen LogP contribution < -0.4 is 43.8 Å². The van der Waals surface area contributed by atoms with E-state index >= 15 is 0 Å². The highest BCUT2D eigenvalue weighted by Gasteiger charge is 2.44. The number of aryl methyl sites for hydroxylation is 1. The van der Waals surface area contributed by atoms with Gasteiger partial charge in [-0.1, -0.05) is 87.0 Å². The van der Waals surface area contributed by atoms with E-state index < -0.39 is 59.7 Å². The fourth-order valence-corrected chi connectivity index (χ4v) is 7.98. The number of carbonyl (C=O) groups is 6. The number of nitrogens with one attached hydrogen (secondary N) is 6. The number of hydrogen-bond donors (Lipinski definition) is 9. The third-order valence-corrected chi connectivity index (χ3v) is 11.3. The molecular formula is C46H60N10O6. The summed E-state index contributed by atoms with van der Waals surface area (Å²) in [6.07, 6.45) is 5.81. The van der Waals surface area contributed by atoms with Gasteiger partial charge in [0.15, 0.2) is 5.96 Å². The molecule has 1 aliphatic rings. The number of aliphatic imine (C=N–C) groups is 1. The molecule has 16 heteroatoms. The summed E-state index contributed by atoms with van der Waals surface area (Å²) in [5, 5.41) is 15.0. The van der Waals surface area contributed by atoms with E-state index in [-0.39, 0.29) is 56.9 Å². The molecule has 5 rings (SSSR count). The minimum atomic E-state index is -1.34. The van der Waals surface area contributed by atoms with Gasteiger partial charge in [-0.2, -0.15) is 0 Å². The number of aromatic nitrogens is 1. The van der Waals surface area contributed by atoms with Gasteiger partial charge in [0.1, 0.15) is 23.7 Å². The van der Waals surface area contributed by atoms with E-state index in [2.05, 4.69) is 49.6 Å². The minimum absolute atomic E-state index is 0.0383. The molecule has 4 aromatic rings. The van der Waals surface area contributed by atoms with E-state index in [1.165, 1.54) is 11.1 Å². The maximum Gasteiger partial charge on any atom is 0.246 e. The first-order chi connectivity index (χ1) is 29.8. The number of hydrogen-bond acceptors (Lipinski definition) is 7. The smallest absolute Gasteiger partial charge is 0.246 e. The number of fused-ring (bicyclic) bond motifs is 2. The maximum atomic E-state index is 14.8. The average molecular weight is 849 g/mol. The lowest BCUT2D eigenvalue weighted by atomic mass is 9.75. The standard InChI is InChI=1S/C46H60N10O6/c1-3-5-20-40(58)56-46(22-21-33-30(4-2)15-11-16-31(33)26-46)44(62)55-37(24-29-13-7-6-8-14-29)43(61)53-36(19-12-23-50-45(48)49)42(60)54-38(41(59)52-28-39(47)57)25-32-27-51-35-18-10-9-17-34(32)35/h6-11,13-18,27,36-38,51H,3-5,12,19-26,28H2,1-2H3,(H2,47,57)(H,52,59)(H,53,61)(H,54,60)(H,55,62)(H,56,58)(H4,48,49,50)/t36-,37+,38-,46-/m0/s1. The van der Waals surface area contributed by atoms with Crippen LogP contribution in [0.15, 0.2) is 84.0 Å². The van der Waals surface area contributed by atoms with Crippen molar-refractivity contribution in [3.05, 3.63) is 107 Å². The Hall–Kier alpha value is -6.71. The largest absolute Gasteiger partial charge is 0.370 e. The van der Waals surface area contributed by atoms with Crippen molar-refractivity contribution in [2.24, 2.45) is 22.2 Å². The van der Waals surface area contributed by atoms with E-state index in [4.69, 9.17) is 17.2 Å². The third kappa shape index (κ3) is 12.7. The van der Waals surface area contributed by atoms with Crippen molar-refractivity contribution in [2.45, 2.75) is 108 Å². The first-order valence-corrected chi connectivity index (χ1v) is 21.3. The van der Waals surface area contributed by atoms with Crippen LogP contribution in [0.25, 0.3) is 10.9 Å². The lowest BCUT2D eigenvalue weighted by Gasteiger charge is -2.39. The fraction of sp³-hybridized carbons (Fsp3) is 0.413. The Bertz CT molecular complexity index is 2240. The van der Waals surface area contributed by atoms with Crippen molar-refractivity contribution < 1.29 is 28.8 Å². The summed E-state index contributed by atoms with van der Waals surface area (Å²) in [5.74, 6) is -3.68. The number of aromatic amines is 1. The van der Waals surface area contributed by atoms with E-state index in [1.54, 1.807) is 6.20 Å². The number of guanidine groups is 1. The van der Waals surface area contributed by atoms with Crippen LogP contribution in [0.5, 0.6) is 0 Å². The Balaban J connectivity index is 1.44. The lowest BCUT2D eigenvalue weighted by molar-refractivity contribution is -0.137. The van der Waals surface area contributed by atoms with Gasteiger partial charge < -0.3 is 48.8 Å². The fourth-order valence-electron chi connectivity index (χ4n) is 7.98. The second-order valence-electron chi connectivity index (χ2n) is 15.9. The van der Waals surface area contributed by atoms with Gasteiger partial charge in [0, 0.05) is 49.3 Å². The van der Waals surface area contributed by atoms with Crippen LogP contribution >= 0.6 is 0 Å². The van der Waals surface area contributed by atoms with Gasteiger partial charge in [-0.05, 0) is 72.4 Å². The van der Waals surface area contributed by atoms with Crippen LogP contribution in [-0.4, -0.2) is 83.1 Å². The zero-order valence-electron chi connectivity index (χ0n) is 35.6. The van der Waals surface area contributed by atoms with Crippen molar-refractivity contribution in [2.75, 3.05) is 13.1 Å². The van der Waals surface area contributed by atoms with Crippen molar-refractivity contribution in [3.63, 3.8) is 0 Å². The summed E-state index contributed by atoms with van der Waals surface area (Å²) >= 11 is 0. The van der Waals surface area contributed by atoms with E-state index in [9.17, 15) is 28.8 Å². The number of amides is 6. The predicted molar refractivity (Wildman–Crippen MR) is 238 cm³/mol. The van der Waals surface area contributed by atoms with Gasteiger partial charge in [0.05, 0.1) is 6.54 Å². The van der Waals surface area contributed by atoms with E-state index in [0.717, 1.165) is 40.4 Å². The zero-order valence-corrected chi connectivity index (χ0v) is 35.6. The molecule has 0 saturated heterocycles. The Kier molecular flexibility index (Phi) is 16.6. The third-order valence-electron chi connectivity index (χ3n) is 11.3. The molecule has 0 saturated carbocycles. The summed E-state index contributed by atoms with van der Waals surface area (Å²) in [6.45, 7) is 3.76. The van der Waals surface area contributed by atoms with Gasteiger partial charge in [-0.3, -0.25) is 33.8 Å². The quantitative estimate of drug-likeness (QED) is 0.0319. The first-order valence-electron chi connectivity index (χ1n) is 21.3. The van der Waals surface area contributed by atoms with Crippen molar-refractivity contribution in [3.8, 4) is 0 Å². The molecule has 0 bridgehead atoms. The van der Waals surface area contributed by atoms with Crippen LogP contribution in [-0.2, 0) is 60.9 Å². The number of H-pyrrole nitrogens is 1. The van der Waals surface area contributed by atoms with Gasteiger partial charge in [-0.25, -0.2) is 0 Å². The molecule has 4 atom stereocenters. The summed E-state index contributed by atoms with van der Waals surface area (Å²) < 4.78 is 0. The van der Waals surface area contributed by atoms with Crippen LogP contribution in [0.2, 0.25) is 0 Å². The number of primary amides is 1. The minimum Gasteiger partial charge on any atom is -0.370 e. The number of carbonyl (C=O) groups excluding carboxylic acids is 6. The van der Waals surface area contributed by atoms with Crippen molar-refractivity contribution >= 4 is 52.3 Å². The number of benzene rings is 3. The van der Waals surface area contributed by atoms with Crippen molar-refractivity contribution in [1.29, 1.82) is 0 Å². The molecule has 0 spiro atoms. The maximum absolute atomic E-state index is 14.8. The summed E-state index contributed by atoms with van der Waals surface area (Å²) in [6, 6.07) is 19.0. The van der Waals surface area contributed by atoms with Gasteiger partial charge in [0.2, 0.25) is 35.4 Å². The SMILES string of the molecule is CCCCC(=O)N[C@@]1(C(=O)N[C@H](Cc2ccccc2)C(=O)N[C@@H](CCCN=C(N)N)C(=O)N[C@@H](Cc2c[nH]c3ccccc23)C(=O)NCC(N)=O)CCc2c(CC)cccc2C1. The highest BCUT2D eigenvalue weighted by Crippen LogP contribution is 2.32. The second kappa shape index (κ2) is 22.2. The molecule has 1 heterocycles. The second-order valence-corrected chi connectivity index (χ2v) is 15.9. The molecule has 6 amide bonds. The Morgan fingerprint density at radius 3 is 2.21 bits per heavy atom. The monoisotopic (exact) mass is 848 g/mol. The molecule has 0 radical (unpaired) electrons. The van der Waals surface area contributed by atoms with Gasteiger partial charge in [0.25, 0.3) is 0 Å². The van der Waals surface area contributed by atoms with Crippen LogP contribution in [0, 0.1) is 0 Å². The topological polar surface area (TPSA) is 269 Å². The highest BCUT2D eigenvalue weighted by molar-refractivity contribution is 5.98. The van der Waals surface area contributed by atoms with Gasteiger partial charge in [-0.15, -0.1) is 0 Å². The molecule has 3 aromatic carbocycles. The number of nitrogens with zero attached hydrogens (tertiary/aromatic N) is 1. The van der Waals surface area contributed by atoms with Crippen LogP contribution in [0.4, 0.5) is 0 Å². The predicted octanol–water partition coefficient (Wildman–Crippen LogP) is 1.86. The molecule has 62 heavy (non-hydrogen) atoms. The summed E-state index contributed by atoms with van der Waals surface area (Å²) in [5.41, 5.74) is 20.7. The molecule has 0 unspecified atom stereocenters. The molecular weight excluding hydrogens is 789 g/mol. The number of unbranched alkanes of at least 4 members (excludes halogenated alkanes) is 1. The Labute approximate surface area is 362 Å².